The number of rotatable bonds is 5. The zero-order chi connectivity index (χ0) is 24.5. The van der Waals surface area contributed by atoms with Crippen molar-refractivity contribution >= 4 is 34.2 Å². The average Bonchev–Trinajstić information content (AvgIpc) is 3.60. The van der Waals surface area contributed by atoms with Crippen LogP contribution in [-0.2, 0) is 0 Å². The highest BCUT2D eigenvalue weighted by Crippen LogP contribution is 2.34. The molecule has 0 radical (unpaired) electrons. The molecule has 1 atom stereocenters. The molecule has 10 heteroatoms. The van der Waals surface area contributed by atoms with Crippen molar-refractivity contribution in [2.24, 2.45) is 0 Å². The highest BCUT2D eigenvalue weighted by atomic mass is 32.1. The zero-order valence-corrected chi connectivity index (χ0v) is 20.0. The van der Waals surface area contributed by atoms with Crippen molar-refractivity contribution in [3.05, 3.63) is 83.1 Å². The van der Waals surface area contributed by atoms with Crippen LogP contribution >= 0.6 is 11.3 Å². The van der Waals surface area contributed by atoms with E-state index in [1.165, 1.54) is 16.8 Å². The van der Waals surface area contributed by atoms with E-state index in [0.29, 0.717) is 29.2 Å². The van der Waals surface area contributed by atoms with Crippen molar-refractivity contribution in [1.29, 1.82) is 0 Å². The summed E-state index contributed by atoms with van der Waals surface area (Å²) in [5, 5.41) is 15.6. The number of aromatic nitrogens is 5. The molecule has 0 unspecified atom stereocenters. The molecule has 36 heavy (non-hydrogen) atoms. The van der Waals surface area contributed by atoms with E-state index in [1.54, 1.807) is 46.8 Å². The van der Waals surface area contributed by atoms with Crippen LogP contribution in [0.25, 0.3) is 28.0 Å². The SMILES string of the molecule is O=C(c1ccc(-n2nnc3cccnc32)cc1F)N(c1ncccc1-c1ccsc1)[C@@H]1CCCNC1. The Bertz CT molecular complexity index is 1530. The van der Waals surface area contributed by atoms with Crippen LogP contribution in [-0.4, -0.2) is 50.0 Å². The fraction of sp³-hybridized carbons (Fsp3) is 0.192. The minimum atomic E-state index is -0.640. The van der Waals surface area contributed by atoms with Crippen molar-refractivity contribution in [3.8, 4) is 16.8 Å². The highest BCUT2D eigenvalue weighted by Gasteiger charge is 2.32. The fourth-order valence-electron chi connectivity index (χ4n) is 4.60. The number of benzene rings is 1. The van der Waals surface area contributed by atoms with Crippen LogP contribution in [0.5, 0.6) is 0 Å². The second kappa shape index (κ2) is 9.56. The second-order valence-corrected chi connectivity index (χ2v) is 9.35. The van der Waals surface area contributed by atoms with Crippen LogP contribution in [0, 0.1) is 5.82 Å². The third kappa shape index (κ3) is 4.04. The summed E-state index contributed by atoms with van der Waals surface area (Å²) in [6, 6.07) is 13.7. The van der Waals surface area contributed by atoms with Gasteiger partial charge in [0.15, 0.2) is 5.65 Å². The maximum absolute atomic E-state index is 15.5. The van der Waals surface area contributed by atoms with Crippen LogP contribution in [0.15, 0.2) is 71.7 Å². The zero-order valence-electron chi connectivity index (χ0n) is 19.2. The number of hydrogen-bond donors (Lipinski definition) is 1. The molecule has 4 aromatic heterocycles. The van der Waals surface area contributed by atoms with E-state index in [1.807, 2.05) is 29.0 Å². The molecule has 5 aromatic rings. The molecular formula is C26H22FN7OS. The Morgan fingerprint density at radius 2 is 2.03 bits per heavy atom. The molecule has 6 rings (SSSR count). The molecule has 0 spiro atoms. The minimum absolute atomic E-state index is 0.0244. The molecule has 5 heterocycles. The number of thiophene rings is 1. The van der Waals surface area contributed by atoms with Gasteiger partial charge in [-0.15, -0.1) is 5.10 Å². The van der Waals surface area contributed by atoms with Gasteiger partial charge < -0.3 is 5.32 Å². The number of halogens is 1. The van der Waals surface area contributed by atoms with Crippen LogP contribution < -0.4 is 10.2 Å². The summed E-state index contributed by atoms with van der Waals surface area (Å²) < 4.78 is 17.0. The van der Waals surface area contributed by atoms with Gasteiger partial charge in [-0.05, 0) is 78.2 Å². The van der Waals surface area contributed by atoms with E-state index in [0.717, 1.165) is 30.5 Å². The molecule has 1 aliphatic rings. The summed E-state index contributed by atoms with van der Waals surface area (Å²) in [7, 11) is 0. The first kappa shape index (κ1) is 22.4. The molecule has 1 amide bonds. The van der Waals surface area contributed by atoms with Crippen molar-refractivity contribution in [2.75, 3.05) is 18.0 Å². The van der Waals surface area contributed by atoms with Crippen molar-refractivity contribution in [3.63, 3.8) is 0 Å². The lowest BCUT2D eigenvalue weighted by Crippen LogP contribution is -2.49. The van der Waals surface area contributed by atoms with Crippen LogP contribution in [0.4, 0.5) is 10.2 Å². The van der Waals surface area contributed by atoms with E-state index in [4.69, 9.17) is 0 Å². The Hall–Kier alpha value is -4.02. The van der Waals surface area contributed by atoms with Crippen LogP contribution in [0.1, 0.15) is 23.2 Å². The van der Waals surface area contributed by atoms with Gasteiger partial charge >= 0.3 is 0 Å². The Morgan fingerprint density at radius 3 is 2.83 bits per heavy atom. The summed E-state index contributed by atoms with van der Waals surface area (Å²) >= 11 is 1.58. The summed E-state index contributed by atoms with van der Waals surface area (Å²) in [6.45, 7) is 1.50. The molecule has 1 N–H and O–H groups in total. The fourth-order valence-corrected chi connectivity index (χ4v) is 5.25. The van der Waals surface area contributed by atoms with E-state index >= 15 is 4.39 Å². The number of nitrogens with one attached hydrogen (secondary N) is 1. The average molecular weight is 500 g/mol. The van der Waals surface area contributed by atoms with Gasteiger partial charge in [-0.25, -0.2) is 14.4 Å². The number of hydrogen-bond acceptors (Lipinski definition) is 7. The van der Waals surface area contributed by atoms with E-state index < -0.39 is 11.7 Å². The monoisotopic (exact) mass is 499 g/mol. The first-order valence-electron chi connectivity index (χ1n) is 11.7. The molecule has 1 aromatic carbocycles. The number of amides is 1. The lowest BCUT2D eigenvalue weighted by atomic mass is 10.0. The quantitative estimate of drug-likeness (QED) is 0.384. The third-order valence-corrected chi connectivity index (χ3v) is 7.02. The van der Waals surface area contributed by atoms with Gasteiger partial charge in [-0.1, -0.05) is 5.21 Å². The Balaban J connectivity index is 1.41. The number of piperidine rings is 1. The smallest absolute Gasteiger partial charge is 0.262 e. The number of carbonyl (C=O) groups is 1. The van der Waals surface area contributed by atoms with Crippen LogP contribution in [0.3, 0.4) is 0 Å². The topological polar surface area (TPSA) is 88.8 Å². The first-order valence-corrected chi connectivity index (χ1v) is 12.6. The second-order valence-electron chi connectivity index (χ2n) is 8.57. The van der Waals surface area contributed by atoms with E-state index in [9.17, 15) is 4.79 Å². The number of nitrogens with zero attached hydrogens (tertiary/aromatic N) is 6. The van der Waals surface area contributed by atoms with Gasteiger partial charge in [0.1, 0.15) is 17.2 Å². The summed E-state index contributed by atoms with van der Waals surface area (Å²) in [4.78, 5) is 24.5. The molecular weight excluding hydrogens is 477 g/mol. The van der Waals surface area contributed by atoms with Crippen molar-refractivity contribution in [1.82, 2.24) is 30.3 Å². The largest absolute Gasteiger partial charge is 0.315 e. The lowest BCUT2D eigenvalue weighted by Gasteiger charge is -2.35. The number of anilines is 1. The van der Waals surface area contributed by atoms with Gasteiger partial charge in [0.25, 0.3) is 5.91 Å². The Morgan fingerprint density at radius 1 is 1.14 bits per heavy atom. The van der Waals surface area contributed by atoms with Crippen LogP contribution in [0.2, 0.25) is 0 Å². The number of fused-ring (bicyclic) bond motifs is 1. The standard InChI is InChI=1S/C26H22FN7OS/c27-22-14-18(34-25-23(31-32-34)6-3-12-30-25)7-8-21(22)26(35)33(19-4-1-10-28-15-19)24-20(5-2-11-29-24)17-9-13-36-16-17/h2-3,5-9,11-14,16,19,28H,1,4,10,15H2/t19-/m1/s1. The summed E-state index contributed by atoms with van der Waals surface area (Å²) in [5.74, 6) is -0.534. The molecule has 8 nitrogen and oxygen atoms in total. The number of pyridine rings is 2. The maximum atomic E-state index is 15.5. The molecule has 1 aliphatic heterocycles. The van der Waals surface area contributed by atoms with Gasteiger partial charge in [-0.2, -0.15) is 16.0 Å². The van der Waals surface area contributed by atoms with Crippen molar-refractivity contribution < 1.29 is 9.18 Å². The molecule has 180 valence electrons. The maximum Gasteiger partial charge on any atom is 0.262 e. The minimum Gasteiger partial charge on any atom is -0.315 e. The molecule has 0 bridgehead atoms. The Labute approximate surface area is 210 Å². The van der Waals surface area contributed by atoms with E-state index in [2.05, 4.69) is 25.6 Å². The predicted molar refractivity (Wildman–Crippen MR) is 137 cm³/mol. The molecule has 0 aliphatic carbocycles. The van der Waals surface area contributed by atoms with Gasteiger partial charge in [0.2, 0.25) is 0 Å². The highest BCUT2D eigenvalue weighted by molar-refractivity contribution is 7.08. The summed E-state index contributed by atoms with van der Waals surface area (Å²) in [5.41, 5.74) is 3.35. The van der Waals surface area contributed by atoms with Gasteiger partial charge in [0.05, 0.1) is 17.3 Å². The predicted octanol–water partition coefficient (Wildman–Crippen LogP) is 4.48. The molecule has 1 saturated heterocycles. The van der Waals surface area contributed by atoms with Gasteiger partial charge in [0, 0.05) is 30.6 Å². The third-order valence-electron chi connectivity index (χ3n) is 6.34. The van der Waals surface area contributed by atoms with Gasteiger partial charge in [-0.3, -0.25) is 9.69 Å². The van der Waals surface area contributed by atoms with Crippen molar-refractivity contribution in [2.45, 2.75) is 18.9 Å². The normalized spacial score (nSPS) is 15.8. The Kier molecular flexibility index (Phi) is 5.96. The molecule has 0 saturated carbocycles. The van der Waals surface area contributed by atoms with E-state index in [-0.39, 0.29) is 11.6 Å². The number of carbonyl (C=O) groups excluding carboxylic acids is 1. The summed E-state index contributed by atoms with van der Waals surface area (Å²) in [6.07, 6.45) is 5.02. The lowest BCUT2D eigenvalue weighted by molar-refractivity contribution is 0.0967. The molecule has 1 fully saturated rings. The first-order chi connectivity index (χ1) is 17.7.